The van der Waals surface area contributed by atoms with Crippen LogP contribution in [-0.2, 0) is 34.0 Å². The van der Waals surface area contributed by atoms with Crippen molar-refractivity contribution < 1.29 is 23.4 Å². The van der Waals surface area contributed by atoms with E-state index in [0.29, 0.717) is 49.7 Å². The number of benzene rings is 2. The monoisotopic (exact) mass is 523 g/mol. The molecule has 0 aliphatic carbocycles. The number of hydrogen-bond acceptors (Lipinski definition) is 8. The number of esters is 1. The van der Waals surface area contributed by atoms with Crippen LogP contribution in [0.15, 0.2) is 42.5 Å². The molecule has 38 heavy (non-hydrogen) atoms. The SMILES string of the molecule is CCOCc1nc2c(N)nc3ccccc3c2n1CCCNCc1cccc(OCC(=O)OC(C)C)c1F. The molecule has 4 rings (SSSR count). The van der Waals surface area contributed by atoms with Crippen LogP contribution in [0, 0.1) is 5.82 Å². The van der Waals surface area contributed by atoms with Crippen molar-refractivity contribution in [3.63, 3.8) is 0 Å². The number of nitrogen functional groups attached to an aromatic ring is 1. The van der Waals surface area contributed by atoms with Crippen LogP contribution >= 0.6 is 0 Å². The minimum Gasteiger partial charge on any atom is -0.479 e. The average molecular weight is 524 g/mol. The van der Waals surface area contributed by atoms with Crippen LogP contribution < -0.4 is 15.8 Å². The number of aromatic nitrogens is 3. The van der Waals surface area contributed by atoms with Crippen molar-refractivity contribution in [3.8, 4) is 5.75 Å². The topological polar surface area (TPSA) is 114 Å². The van der Waals surface area contributed by atoms with Crippen molar-refractivity contribution >= 4 is 33.7 Å². The number of rotatable bonds is 13. The van der Waals surface area contributed by atoms with E-state index in [4.69, 9.17) is 24.9 Å². The summed E-state index contributed by atoms with van der Waals surface area (Å²) in [6.45, 7) is 7.66. The number of fused-ring (bicyclic) bond motifs is 3. The third-order valence-electron chi connectivity index (χ3n) is 5.93. The van der Waals surface area contributed by atoms with E-state index in [1.54, 1.807) is 26.0 Å². The molecule has 0 saturated heterocycles. The van der Waals surface area contributed by atoms with Crippen LogP contribution in [0.2, 0.25) is 0 Å². The number of nitrogens with one attached hydrogen (secondary N) is 1. The highest BCUT2D eigenvalue weighted by atomic mass is 19.1. The molecule has 4 aromatic rings. The Balaban J connectivity index is 1.41. The van der Waals surface area contributed by atoms with Crippen molar-refractivity contribution in [2.45, 2.75) is 53.0 Å². The predicted molar refractivity (Wildman–Crippen MR) is 144 cm³/mol. The van der Waals surface area contributed by atoms with Crippen LogP contribution in [0.5, 0.6) is 5.75 Å². The summed E-state index contributed by atoms with van der Waals surface area (Å²) in [6.07, 6.45) is 0.509. The molecule has 2 aromatic heterocycles. The van der Waals surface area contributed by atoms with Gasteiger partial charge in [-0.15, -0.1) is 0 Å². The van der Waals surface area contributed by atoms with Gasteiger partial charge in [0.1, 0.15) is 17.9 Å². The maximum absolute atomic E-state index is 14.9. The van der Waals surface area contributed by atoms with Crippen molar-refractivity contribution in [2.24, 2.45) is 0 Å². The van der Waals surface area contributed by atoms with E-state index in [1.807, 2.05) is 31.2 Å². The van der Waals surface area contributed by atoms with Crippen LogP contribution in [0.25, 0.3) is 21.9 Å². The molecule has 3 N–H and O–H groups in total. The van der Waals surface area contributed by atoms with E-state index >= 15 is 0 Å². The first kappa shape index (κ1) is 27.3. The fourth-order valence-electron chi connectivity index (χ4n) is 4.27. The van der Waals surface area contributed by atoms with Crippen LogP contribution in [-0.4, -0.2) is 46.4 Å². The summed E-state index contributed by atoms with van der Waals surface area (Å²) < 4.78 is 33.0. The minimum absolute atomic E-state index is 0.0218. The van der Waals surface area contributed by atoms with Gasteiger partial charge in [0.15, 0.2) is 24.0 Å². The molecule has 0 saturated carbocycles. The molecule has 2 heterocycles. The fraction of sp³-hybridized carbons (Fsp3) is 0.393. The van der Waals surface area contributed by atoms with Crippen molar-refractivity contribution in [2.75, 3.05) is 25.5 Å². The maximum Gasteiger partial charge on any atom is 0.344 e. The molecule has 0 radical (unpaired) electrons. The molecule has 0 aliphatic heterocycles. The zero-order valence-corrected chi connectivity index (χ0v) is 22.0. The van der Waals surface area contributed by atoms with E-state index in [2.05, 4.69) is 14.9 Å². The van der Waals surface area contributed by atoms with Gasteiger partial charge in [-0.1, -0.05) is 30.3 Å². The zero-order chi connectivity index (χ0) is 27.1. The molecule has 0 aliphatic rings. The number of pyridine rings is 1. The number of nitrogens with two attached hydrogens (primary N) is 1. The standard InChI is InChI=1S/C28H34FN5O4/c1-4-36-16-23-33-26-27(20-10-5-6-11-21(20)32-28(26)30)34(23)14-8-13-31-15-19-9-7-12-22(25(19)29)37-17-24(35)38-18(2)3/h5-7,9-12,18,31H,4,8,13-17H2,1-3H3,(H2,30,32). The Hall–Kier alpha value is -3.76. The first-order valence-corrected chi connectivity index (χ1v) is 12.8. The lowest BCUT2D eigenvalue weighted by molar-refractivity contribution is -0.149. The largest absolute Gasteiger partial charge is 0.479 e. The molecule has 0 fully saturated rings. The van der Waals surface area contributed by atoms with E-state index in [-0.39, 0.29) is 18.5 Å². The lowest BCUT2D eigenvalue weighted by Gasteiger charge is -2.13. The number of carbonyl (C=O) groups excluding carboxylic acids is 1. The Morgan fingerprint density at radius 3 is 2.76 bits per heavy atom. The number of imidazole rings is 1. The first-order valence-electron chi connectivity index (χ1n) is 12.8. The molecule has 2 aromatic carbocycles. The van der Waals surface area contributed by atoms with Gasteiger partial charge in [-0.3, -0.25) is 0 Å². The third-order valence-corrected chi connectivity index (χ3v) is 5.93. The number of halogens is 1. The zero-order valence-electron chi connectivity index (χ0n) is 22.0. The lowest BCUT2D eigenvalue weighted by atomic mass is 10.2. The Kier molecular flexibility index (Phi) is 9.09. The molecular weight excluding hydrogens is 489 g/mol. The number of carbonyl (C=O) groups is 1. The number of anilines is 1. The molecule has 10 heteroatoms. The van der Waals surface area contributed by atoms with Crippen LogP contribution in [0.3, 0.4) is 0 Å². The van der Waals surface area contributed by atoms with Crippen LogP contribution in [0.1, 0.15) is 38.6 Å². The quantitative estimate of drug-likeness (QED) is 0.196. The van der Waals surface area contributed by atoms with Gasteiger partial charge in [0, 0.05) is 30.6 Å². The highest BCUT2D eigenvalue weighted by Crippen LogP contribution is 2.29. The second-order valence-electron chi connectivity index (χ2n) is 9.12. The summed E-state index contributed by atoms with van der Waals surface area (Å²) in [6, 6.07) is 12.7. The summed E-state index contributed by atoms with van der Waals surface area (Å²) in [5, 5.41) is 4.28. The maximum atomic E-state index is 14.9. The van der Waals surface area contributed by atoms with Gasteiger partial charge in [-0.25, -0.2) is 19.2 Å². The van der Waals surface area contributed by atoms with Crippen molar-refractivity contribution in [3.05, 3.63) is 59.7 Å². The number of para-hydroxylation sites is 1. The number of ether oxygens (including phenoxy) is 3. The molecule has 9 nitrogen and oxygen atoms in total. The van der Waals surface area contributed by atoms with Gasteiger partial charge in [-0.2, -0.15) is 0 Å². The number of aryl methyl sites for hydroxylation is 1. The Morgan fingerprint density at radius 1 is 1.16 bits per heavy atom. The first-order chi connectivity index (χ1) is 18.4. The molecule has 0 atom stereocenters. The molecule has 0 bridgehead atoms. The second kappa shape index (κ2) is 12.7. The smallest absolute Gasteiger partial charge is 0.344 e. The summed E-state index contributed by atoms with van der Waals surface area (Å²) >= 11 is 0. The average Bonchev–Trinajstić information content (AvgIpc) is 3.26. The van der Waals surface area contributed by atoms with Crippen molar-refractivity contribution in [1.29, 1.82) is 0 Å². The van der Waals surface area contributed by atoms with Gasteiger partial charge < -0.3 is 29.8 Å². The number of nitrogens with zero attached hydrogens (tertiary/aromatic N) is 3. The van der Waals surface area contributed by atoms with Gasteiger partial charge in [0.2, 0.25) is 0 Å². The van der Waals surface area contributed by atoms with Gasteiger partial charge >= 0.3 is 5.97 Å². The summed E-state index contributed by atoms with van der Waals surface area (Å²) in [5.41, 5.74) is 9.12. The normalized spacial score (nSPS) is 11.5. The van der Waals surface area contributed by atoms with E-state index < -0.39 is 11.8 Å². The summed E-state index contributed by atoms with van der Waals surface area (Å²) in [4.78, 5) is 21.0. The van der Waals surface area contributed by atoms with Gasteiger partial charge in [0.25, 0.3) is 0 Å². The third kappa shape index (κ3) is 6.38. The summed E-state index contributed by atoms with van der Waals surface area (Å²) in [7, 11) is 0. The predicted octanol–water partition coefficient (Wildman–Crippen LogP) is 4.35. The Bertz CT molecular complexity index is 1410. The highest BCUT2D eigenvalue weighted by Gasteiger charge is 2.17. The van der Waals surface area contributed by atoms with Crippen molar-refractivity contribution in [1.82, 2.24) is 19.9 Å². The second-order valence-corrected chi connectivity index (χ2v) is 9.12. The molecule has 202 valence electrons. The molecule has 0 unspecified atom stereocenters. The Morgan fingerprint density at radius 2 is 1.97 bits per heavy atom. The van der Waals surface area contributed by atoms with Gasteiger partial charge in [0.05, 0.1) is 17.1 Å². The molecule has 0 amide bonds. The Labute approximate surface area is 221 Å². The fourth-order valence-corrected chi connectivity index (χ4v) is 4.27. The van der Waals surface area contributed by atoms with Crippen LogP contribution in [0.4, 0.5) is 10.2 Å². The summed E-state index contributed by atoms with van der Waals surface area (Å²) in [5.74, 6) is 0.172. The van der Waals surface area contributed by atoms with E-state index in [0.717, 1.165) is 28.7 Å². The molecule has 0 spiro atoms. The van der Waals surface area contributed by atoms with E-state index in [9.17, 15) is 9.18 Å². The van der Waals surface area contributed by atoms with E-state index in [1.165, 1.54) is 6.07 Å². The highest BCUT2D eigenvalue weighted by molar-refractivity contribution is 6.06. The lowest BCUT2D eigenvalue weighted by Crippen LogP contribution is -2.20. The molecular formula is C28H34FN5O4. The minimum atomic E-state index is -0.538. The number of hydrogen-bond donors (Lipinski definition) is 2. The van der Waals surface area contributed by atoms with Gasteiger partial charge in [-0.05, 0) is 45.9 Å².